The third-order valence-corrected chi connectivity index (χ3v) is 5.07. The van der Waals surface area contributed by atoms with Gasteiger partial charge in [-0.1, -0.05) is 24.3 Å². The Labute approximate surface area is 160 Å². The summed E-state index contributed by atoms with van der Waals surface area (Å²) in [5, 5.41) is 10.9. The van der Waals surface area contributed by atoms with Crippen LogP contribution in [-0.4, -0.2) is 43.7 Å². The Morgan fingerprint density at radius 1 is 1.08 bits per heavy atom. The largest absolute Gasteiger partial charge is 0.379 e. The summed E-state index contributed by atoms with van der Waals surface area (Å²) in [5.74, 6) is 0.857. The molecule has 0 saturated carbocycles. The number of hydrogen-bond acceptors (Lipinski definition) is 4. The number of aliphatic imine (C=N–C) groups is 1. The van der Waals surface area contributed by atoms with Crippen molar-refractivity contribution >= 4 is 17.3 Å². The monoisotopic (exact) mass is 372 g/mol. The number of ether oxygens (including phenoxy) is 1. The van der Waals surface area contributed by atoms with E-state index in [1.54, 1.807) is 11.3 Å². The third kappa shape index (κ3) is 6.12. The first-order chi connectivity index (χ1) is 12.8. The topological polar surface area (TPSA) is 48.9 Å². The second kappa shape index (κ2) is 10.3. The minimum absolute atomic E-state index is 0.706. The molecule has 2 N–H and O–H groups in total. The average molecular weight is 373 g/mol. The van der Waals surface area contributed by atoms with Crippen LogP contribution in [0.15, 0.2) is 46.1 Å². The maximum Gasteiger partial charge on any atom is 0.191 e. The van der Waals surface area contributed by atoms with Crippen LogP contribution < -0.4 is 10.6 Å². The summed E-state index contributed by atoms with van der Waals surface area (Å²) in [6, 6.07) is 11.0. The lowest BCUT2D eigenvalue weighted by atomic mass is 10.1. The zero-order valence-electron chi connectivity index (χ0n) is 15.4. The molecule has 0 aliphatic carbocycles. The third-order valence-electron chi connectivity index (χ3n) is 4.34. The zero-order valence-corrected chi connectivity index (χ0v) is 16.2. The average Bonchev–Trinajstić information content (AvgIpc) is 3.20. The molecule has 140 valence electrons. The fourth-order valence-electron chi connectivity index (χ4n) is 2.86. The summed E-state index contributed by atoms with van der Waals surface area (Å²) >= 11 is 1.71. The fraction of sp³-hybridized carbons (Fsp3) is 0.450. The van der Waals surface area contributed by atoms with Gasteiger partial charge in [-0.3, -0.25) is 4.90 Å². The van der Waals surface area contributed by atoms with Crippen LogP contribution in [0.3, 0.4) is 0 Å². The molecule has 0 atom stereocenters. The Hall–Kier alpha value is -1.89. The van der Waals surface area contributed by atoms with Crippen molar-refractivity contribution in [3.05, 3.63) is 57.8 Å². The molecule has 1 aromatic heterocycles. The number of hydrogen-bond donors (Lipinski definition) is 2. The zero-order chi connectivity index (χ0) is 18.0. The Bertz CT molecular complexity index is 664. The van der Waals surface area contributed by atoms with Gasteiger partial charge in [0.15, 0.2) is 5.96 Å². The second-order valence-electron chi connectivity index (χ2n) is 6.39. The van der Waals surface area contributed by atoms with E-state index in [2.05, 4.69) is 68.5 Å². The van der Waals surface area contributed by atoms with Gasteiger partial charge >= 0.3 is 0 Å². The van der Waals surface area contributed by atoms with Gasteiger partial charge in [0.1, 0.15) is 0 Å². The lowest BCUT2D eigenvalue weighted by molar-refractivity contribution is 0.0342. The first kappa shape index (κ1) is 18.9. The van der Waals surface area contributed by atoms with Crippen molar-refractivity contribution < 1.29 is 4.74 Å². The van der Waals surface area contributed by atoms with E-state index in [1.165, 1.54) is 16.7 Å². The normalized spacial score (nSPS) is 15.8. The van der Waals surface area contributed by atoms with Gasteiger partial charge in [0.05, 0.1) is 19.8 Å². The van der Waals surface area contributed by atoms with Crippen molar-refractivity contribution in [2.75, 3.05) is 32.8 Å². The van der Waals surface area contributed by atoms with Gasteiger partial charge in [-0.25, -0.2) is 4.99 Å². The molecular formula is C20H28N4OS. The van der Waals surface area contributed by atoms with Crippen molar-refractivity contribution in [2.24, 2.45) is 4.99 Å². The maximum absolute atomic E-state index is 5.41. The predicted octanol–water partition coefficient (Wildman–Crippen LogP) is 2.84. The van der Waals surface area contributed by atoms with Crippen LogP contribution in [-0.2, 0) is 24.4 Å². The highest BCUT2D eigenvalue weighted by molar-refractivity contribution is 7.07. The number of guanidine groups is 1. The van der Waals surface area contributed by atoms with Crippen LogP contribution in [0.25, 0.3) is 0 Å². The van der Waals surface area contributed by atoms with Crippen molar-refractivity contribution in [1.29, 1.82) is 0 Å². The van der Waals surface area contributed by atoms with Crippen LogP contribution >= 0.6 is 11.3 Å². The van der Waals surface area contributed by atoms with Gasteiger partial charge in [0, 0.05) is 32.7 Å². The second-order valence-corrected chi connectivity index (χ2v) is 7.17. The number of nitrogens with one attached hydrogen (secondary N) is 2. The van der Waals surface area contributed by atoms with Gasteiger partial charge in [-0.05, 0) is 40.4 Å². The number of nitrogens with zero attached hydrogens (tertiary/aromatic N) is 2. The van der Waals surface area contributed by atoms with E-state index in [0.29, 0.717) is 6.54 Å². The molecule has 26 heavy (non-hydrogen) atoms. The number of benzene rings is 1. The molecule has 0 spiro atoms. The molecule has 1 aromatic carbocycles. The molecule has 2 heterocycles. The Morgan fingerprint density at radius 3 is 2.54 bits per heavy atom. The summed E-state index contributed by atoms with van der Waals surface area (Å²) in [6.07, 6.45) is 0. The minimum atomic E-state index is 0.706. The lowest BCUT2D eigenvalue weighted by Gasteiger charge is -2.26. The van der Waals surface area contributed by atoms with Crippen LogP contribution in [0.1, 0.15) is 23.6 Å². The van der Waals surface area contributed by atoms with Crippen LogP contribution in [0.5, 0.6) is 0 Å². The summed E-state index contributed by atoms with van der Waals surface area (Å²) in [5.41, 5.74) is 3.87. The Kier molecular flexibility index (Phi) is 7.49. The standard InChI is InChI=1S/C20H28N4OS/c1-2-21-20(23-14-19-7-12-26-16-19)22-13-17-3-5-18(6-4-17)15-24-8-10-25-11-9-24/h3-7,12,16H,2,8-11,13-15H2,1H3,(H2,21,22,23). The molecule has 0 bridgehead atoms. The van der Waals surface area contributed by atoms with Gasteiger partial charge in [0.25, 0.3) is 0 Å². The molecule has 1 saturated heterocycles. The van der Waals surface area contributed by atoms with E-state index >= 15 is 0 Å². The van der Waals surface area contributed by atoms with E-state index in [-0.39, 0.29) is 0 Å². The van der Waals surface area contributed by atoms with Gasteiger partial charge in [0.2, 0.25) is 0 Å². The predicted molar refractivity (Wildman–Crippen MR) is 109 cm³/mol. The molecule has 0 radical (unpaired) electrons. The van der Waals surface area contributed by atoms with Crippen LogP contribution in [0, 0.1) is 0 Å². The van der Waals surface area contributed by atoms with Gasteiger partial charge < -0.3 is 15.4 Å². The molecule has 2 aromatic rings. The van der Waals surface area contributed by atoms with Crippen molar-refractivity contribution in [2.45, 2.75) is 26.6 Å². The van der Waals surface area contributed by atoms with Crippen LogP contribution in [0.2, 0.25) is 0 Å². The molecular weight excluding hydrogens is 344 g/mol. The fourth-order valence-corrected chi connectivity index (χ4v) is 3.52. The molecule has 1 aliphatic rings. The Morgan fingerprint density at radius 2 is 1.85 bits per heavy atom. The quantitative estimate of drug-likeness (QED) is 0.580. The van der Waals surface area contributed by atoms with Gasteiger partial charge in [-0.2, -0.15) is 11.3 Å². The van der Waals surface area contributed by atoms with Crippen LogP contribution in [0.4, 0.5) is 0 Å². The van der Waals surface area contributed by atoms with E-state index in [1.807, 2.05) is 0 Å². The highest BCUT2D eigenvalue weighted by Crippen LogP contribution is 2.10. The molecule has 3 rings (SSSR count). The first-order valence-corrected chi connectivity index (χ1v) is 10.2. The highest BCUT2D eigenvalue weighted by atomic mass is 32.1. The Balaban J connectivity index is 1.49. The molecule has 1 fully saturated rings. The number of morpholine rings is 1. The summed E-state index contributed by atoms with van der Waals surface area (Å²) < 4.78 is 5.41. The summed E-state index contributed by atoms with van der Waals surface area (Å²) in [6.45, 7) is 9.16. The molecule has 1 aliphatic heterocycles. The summed E-state index contributed by atoms with van der Waals surface area (Å²) in [7, 11) is 0. The maximum atomic E-state index is 5.41. The van der Waals surface area contributed by atoms with E-state index in [0.717, 1.165) is 51.9 Å². The minimum Gasteiger partial charge on any atom is -0.379 e. The van der Waals surface area contributed by atoms with Crippen molar-refractivity contribution in [3.8, 4) is 0 Å². The molecule has 6 heteroatoms. The number of rotatable bonds is 7. The molecule has 0 amide bonds. The van der Waals surface area contributed by atoms with Crippen molar-refractivity contribution in [3.63, 3.8) is 0 Å². The SMILES string of the molecule is CCNC(=NCc1ccsc1)NCc1ccc(CN2CCOCC2)cc1. The van der Waals surface area contributed by atoms with E-state index < -0.39 is 0 Å². The smallest absolute Gasteiger partial charge is 0.191 e. The van der Waals surface area contributed by atoms with E-state index in [4.69, 9.17) is 4.74 Å². The summed E-state index contributed by atoms with van der Waals surface area (Å²) in [4.78, 5) is 7.09. The molecule has 5 nitrogen and oxygen atoms in total. The highest BCUT2D eigenvalue weighted by Gasteiger charge is 2.10. The number of thiophene rings is 1. The lowest BCUT2D eigenvalue weighted by Crippen LogP contribution is -2.36. The molecule has 0 unspecified atom stereocenters. The van der Waals surface area contributed by atoms with E-state index in [9.17, 15) is 0 Å². The first-order valence-electron chi connectivity index (χ1n) is 9.24. The van der Waals surface area contributed by atoms with Gasteiger partial charge in [-0.15, -0.1) is 0 Å². The van der Waals surface area contributed by atoms with Crippen molar-refractivity contribution in [1.82, 2.24) is 15.5 Å².